The first-order valence-electron chi connectivity index (χ1n) is 20.0. The standard InChI is InChI=1S/C24H26N4O2S2.C20H20N4O4S2/c1-17-12-18(2)22(19(3)13-17)14-21-16-31-24(26-21)27-8-10-28(11-9-27)32(29,30)23-7-5-4-6-20(23)15-25;25-24(26)18-7-4-8-19(14-18)30(27,28)23-11-9-22(10-12-23)20-21-17(15-29-20)13-16-5-2-1-3-6-16/h4-7,12-13,16H,8-11,14H2,1-3H3;1-8,14-15H,9-13H2. The van der Waals surface area contributed by atoms with Gasteiger partial charge in [0.15, 0.2) is 10.3 Å². The molecule has 14 nitrogen and oxygen atoms in total. The van der Waals surface area contributed by atoms with E-state index >= 15 is 0 Å². The Morgan fingerprint density at radius 1 is 0.677 bits per heavy atom. The maximum atomic E-state index is 13.0. The van der Waals surface area contributed by atoms with Crippen LogP contribution < -0.4 is 9.80 Å². The molecule has 4 aromatic carbocycles. The smallest absolute Gasteiger partial charge is 0.270 e. The second-order valence-corrected chi connectivity index (χ2v) is 20.6. The lowest BCUT2D eigenvalue weighted by Gasteiger charge is -2.33. The zero-order chi connectivity index (χ0) is 44.0. The van der Waals surface area contributed by atoms with E-state index in [9.17, 15) is 32.2 Å². The molecule has 0 N–H and O–H groups in total. The highest BCUT2D eigenvalue weighted by Gasteiger charge is 2.32. The molecule has 2 aliphatic heterocycles. The van der Waals surface area contributed by atoms with Crippen LogP contribution in [-0.4, -0.2) is 92.7 Å². The largest absolute Gasteiger partial charge is 0.345 e. The molecule has 0 radical (unpaired) electrons. The van der Waals surface area contributed by atoms with E-state index in [1.54, 1.807) is 34.8 Å². The predicted molar refractivity (Wildman–Crippen MR) is 243 cm³/mol. The van der Waals surface area contributed by atoms with Gasteiger partial charge in [0.1, 0.15) is 6.07 Å². The number of nitro groups is 1. The van der Waals surface area contributed by atoms with Crippen molar-refractivity contribution in [2.45, 2.75) is 43.4 Å². The molecule has 2 aromatic heterocycles. The SMILES string of the molecule is Cc1cc(C)c(Cc2csc(N3CCN(S(=O)(=O)c4ccccc4C#N)CC3)n2)c(C)c1.O=[N+]([O-])c1cccc(S(=O)(=O)N2CCN(c3nc(Cc4ccccc4)cs3)CC2)c1. The number of rotatable bonds is 11. The summed E-state index contributed by atoms with van der Waals surface area (Å²) in [4.78, 5) is 24.2. The molecule has 0 spiro atoms. The fraction of sp³-hybridized carbons (Fsp3) is 0.295. The number of hydrogen-bond donors (Lipinski definition) is 0. The van der Waals surface area contributed by atoms with Gasteiger partial charge in [0.05, 0.1) is 31.7 Å². The van der Waals surface area contributed by atoms with E-state index in [0.29, 0.717) is 52.4 Å². The normalized spacial score (nSPS) is 15.1. The molecule has 4 heterocycles. The number of nitriles is 1. The summed E-state index contributed by atoms with van der Waals surface area (Å²) in [5.74, 6) is 0. The van der Waals surface area contributed by atoms with E-state index in [2.05, 4.69) is 60.2 Å². The molecule has 0 saturated carbocycles. The molecule has 0 aliphatic carbocycles. The van der Waals surface area contributed by atoms with Crippen molar-refractivity contribution in [3.63, 3.8) is 0 Å². The summed E-state index contributed by atoms with van der Waals surface area (Å²) in [7, 11) is -7.47. The second-order valence-electron chi connectivity index (χ2n) is 15.1. The Hall–Kier alpha value is -5.55. The summed E-state index contributed by atoms with van der Waals surface area (Å²) in [6.07, 6.45) is 1.56. The van der Waals surface area contributed by atoms with Gasteiger partial charge in [0, 0.05) is 88.1 Å². The van der Waals surface area contributed by atoms with Gasteiger partial charge in [-0.15, -0.1) is 22.7 Å². The molecule has 0 unspecified atom stereocenters. The number of aromatic nitrogens is 2. The van der Waals surface area contributed by atoms with Crippen molar-refractivity contribution in [3.8, 4) is 6.07 Å². The van der Waals surface area contributed by atoms with Gasteiger partial charge in [0.2, 0.25) is 20.0 Å². The molecule has 322 valence electrons. The Morgan fingerprint density at radius 3 is 1.77 bits per heavy atom. The topological polar surface area (TPSA) is 174 Å². The van der Waals surface area contributed by atoms with Crippen LogP contribution in [0, 0.1) is 42.2 Å². The average molecular weight is 911 g/mol. The molecule has 18 heteroatoms. The zero-order valence-electron chi connectivity index (χ0n) is 34.5. The van der Waals surface area contributed by atoms with Crippen molar-refractivity contribution in [2.24, 2.45) is 0 Å². The van der Waals surface area contributed by atoms with Gasteiger partial charge in [0.25, 0.3) is 5.69 Å². The lowest BCUT2D eigenvalue weighted by molar-refractivity contribution is -0.385. The molecule has 0 amide bonds. The maximum absolute atomic E-state index is 13.0. The minimum atomic E-state index is -3.77. The Labute approximate surface area is 370 Å². The minimum absolute atomic E-state index is 0.0513. The number of anilines is 2. The number of benzene rings is 4. The van der Waals surface area contributed by atoms with Crippen molar-refractivity contribution >= 4 is 58.7 Å². The number of sulfonamides is 2. The van der Waals surface area contributed by atoms with Crippen LogP contribution >= 0.6 is 22.7 Å². The van der Waals surface area contributed by atoms with Crippen LogP contribution in [0.3, 0.4) is 0 Å². The van der Waals surface area contributed by atoms with Crippen LogP contribution in [0.15, 0.2) is 112 Å². The van der Waals surface area contributed by atoms with Crippen LogP contribution in [0.2, 0.25) is 0 Å². The lowest BCUT2D eigenvalue weighted by Crippen LogP contribution is -2.48. The van der Waals surface area contributed by atoms with Crippen molar-refractivity contribution in [2.75, 3.05) is 62.2 Å². The van der Waals surface area contributed by atoms with Gasteiger partial charge >= 0.3 is 0 Å². The van der Waals surface area contributed by atoms with Gasteiger partial charge in [-0.2, -0.15) is 13.9 Å². The number of thiazole rings is 2. The highest BCUT2D eigenvalue weighted by Crippen LogP contribution is 2.29. The Kier molecular flexibility index (Phi) is 13.8. The summed E-state index contributed by atoms with van der Waals surface area (Å²) in [5.41, 5.74) is 8.34. The minimum Gasteiger partial charge on any atom is -0.345 e. The average Bonchev–Trinajstić information content (AvgIpc) is 3.96. The van der Waals surface area contributed by atoms with E-state index in [1.807, 2.05) is 29.6 Å². The van der Waals surface area contributed by atoms with Crippen LogP contribution in [0.25, 0.3) is 0 Å². The molecule has 2 aliphatic rings. The van der Waals surface area contributed by atoms with E-state index in [-0.39, 0.29) is 21.0 Å². The van der Waals surface area contributed by atoms with Gasteiger partial charge < -0.3 is 9.80 Å². The molecule has 0 bridgehead atoms. The first-order valence-corrected chi connectivity index (χ1v) is 24.6. The van der Waals surface area contributed by atoms with Crippen molar-refractivity contribution in [3.05, 3.63) is 157 Å². The summed E-state index contributed by atoms with van der Waals surface area (Å²) in [5, 5.41) is 26.2. The third-order valence-corrected chi connectivity index (χ3v) is 16.6. The summed E-state index contributed by atoms with van der Waals surface area (Å²) in [6, 6.07) is 28.1. The highest BCUT2D eigenvalue weighted by molar-refractivity contribution is 7.89. The third kappa shape index (κ3) is 10.2. The van der Waals surface area contributed by atoms with E-state index in [4.69, 9.17) is 9.97 Å². The molecule has 0 atom stereocenters. The molecular formula is C44H46N8O6S4. The summed E-state index contributed by atoms with van der Waals surface area (Å²) >= 11 is 3.16. The number of non-ortho nitro benzene ring substituents is 1. The number of nitrogens with zero attached hydrogens (tertiary/aromatic N) is 8. The first kappa shape index (κ1) is 44.5. The molecule has 62 heavy (non-hydrogen) atoms. The number of nitro benzene ring substituents is 1. The second kappa shape index (κ2) is 19.2. The van der Waals surface area contributed by atoms with Crippen LogP contribution in [0.4, 0.5) is 16.0 Å². The summed E-state index contributed by atoms with van der Waals surface area (Å²) in [6.45, 7) is 9.94. The number of aryl methyl sites for hydroxylation is 3. The zero-order valence-corrected chi connectivity index (χ0v) is 37.8. The van der Waals surface area contributed by atoms with E-state index in [0.717, 1.165) is 40.6 Å². The van der Waals surface area contributed by atoms with Gasteiger partial charge in [-0.25, -0.2) is 26.8 Å². The monoisotopic (exact) mass is 910 g/mol. The molecule has 6 aromatic rings. The van der Waals surface area contributed by atoms with Crippen molar-refractivity contribution in [1.82, 2.24) is 18.6 Å². The quantitative estimate of drug-likeness (QED) is 0.0951. The highest BCUT2D eigenvalue weighted by atomic mass is 32.2. The Bertz CT molecular complexity index is 2790. The first-order chi connectivity index (χ1) is 29.7. The lowest BCUT2D eigenvalue weighted by atomic mass is 9.96. The number of piperazine rings is 2. The Balaban J connectivity index is 0.000000187. The molecular weight excluding hydrogens is 865 g/mol. The molecule has 2 saturated heterocycles. The van der Waals surface area contributed by atoms with Crippen molar-refractivity contribution < 1.29 is 21.8 Å². The van der Waals surface area contributed by atoms with Crippen LogP contribution in [0.5, 0.6) is 0 Å². The Morgan fingerprint density at radius 2 is 1.21 bits per heavy atom. The fourth-order valence-electron chi connectivity index (χ4n) is 7.59. The predicted octanol–water partition coefficient (Wildman–Crippen LogP) is 7.19. The van der Waals surface area contributed by atoms with Crippen LogP contribution in [0.1, 0.15) is 44.8 Å². The maximum Gasteiger partial charge on any atom is 0.270 e. The molecule has 2 fully saturated rings. The van der Waals surface area contributed by atoms with E-state index < -0.39 is 25.0 Å². The number of hydrogen-bond acceptors (Lipinski definition) is 13. The van der Waals surface area contributed by atoms with Gasteiger partial charge in [-0.1, -0.05) is 66.2 Å². The molecule has 8 rings (SSSR count). The van der Waals surface area contributed by atoms with Crippen LogP contribution in [-0.2, 0) is 32.9 Å². The van der Waals surface area contributed by atoms with Crippen molar-refractivity contribution in [1.29, 1.82) is 5.26 Å². The van der Waals surface area contributed by atoms with E-state index in [1.165, 1.54) is 66.8 Å². The summed E-state index contributed by atoms with van der Waals surface area (Å²) < 4.78 is 54.7. The fourth-order valence-corrected chi connectivity index (χ4v) is 12.4. The van der Waals surface area contributed by atoms with Gasteiger partial charge in [-0.3, -0.25) is 10.1 Å². The van der Waals surface area contributed by atoms with Gasteiger partial charge in [-0.05, 0) is 61.2 Å². The third-order valence-electron chi connectivity index (χ3n) is 10.8.